The van der Waals surface area contributed by atoms with Gasteiger partial charge in [-0.15, -0.1) is 0 Å². The van der Waals surface area contributed by atoms with Crippen LogP contribution in [0, 0.1) is 0 Å². The third-order valence-corrected chi connectivity index (χ3v) is 7.00. The van der Waals surface area contributed by atoms with Crippen molar-refractivity contribution in [1.82, 2.24) is 4.90 Å². The van der Waals surface area contributed by atoms with E-state index in [-0.39, 0.29) is 17.8 Å². The van der Waals surface area contributed by atoms with Crippen LogP contribution in [0.4, 0.5) is 0 Å². The van der Waals surface area contributed by atoms with Crippen molar-refractivity contribution in [2.45, 2.75) is 64.6 Å². The Bertz CT molecular complexity index is 907. The highest BCUT2D eigenvalue weighted by atomic mass is 15.3. The van der Waals surface area contributed by atoms with Gasteiger partial charge in [-0.3, -0.25) is 4.90 Å². The minimum absolute atomic E-state index is 0.212. The molecule has 0 bridgehead atoms. The van der Waals surface area contributed by atoms with Crippen LogP contribution in [0.5, 0.6) is 0 Å². The van der Waals surface area contributed by atoms with E-state index >= 15 is 0 Å². The number of likely N-dealkylation sites (tertiary alicyclic amines) is 1. The first-order valence-electron chi connectivity index (χ1n) is 11.3. The first-order chi connectivity index (χ1) is 14.4. The van der Waals surface area contributed by atoms with Gasteiger partial charge >= 0.3 is 0 Å². The van der Waals surface area contributed by atoms with Gasteiger partial charge in [-0.05, 0) is 52.5 Å². The smallest absolute Gasteiger partial charge is 0.241 e. The molecule has 0 spiro atoms. The molecule has 154 valence electrons. The number of nitrogens with zero attached hydrogens (tertiary/aromatic N) is 1. The van der Waals surface area contributed by atoms with Crippen LogP contribution in [0.15, 0.2) is 84.9 Å². The van der Waals surface area contributed by atoms with E-state index in [1.165, 1.54) is 41.2 Å². The quantitative estimate of drug-likeness (QED) is 0.564. The number of piperidine rings is 1. The van der Waals surface area contributed by atoms with Gasteiger partial charge < -0.3 is 0 Å². The van der Waals surface area contributed by atoms with Crippen molar-refractivity contribution in [3.8, 4) is 0 Å². The summed E-state index contributed by atoms with van der Waals surface area (Å²) < 4.78 is 0. The van der Waals surface area contributed by atoms with Gasteiger partial charge in [0.2, 0.25) is 6.71 Å². The van der Waals surface area contributed by atoms with Gasteiger partial charge in [0.1, 0.15) is 0 Å². The highest BCUT2D eigenvalue weighted by Crippen LogP contribution is 2.39. The maximum atomic E-state index is 2.75. The minimum Gasteiger partial charge on any atom is -0.289 e. The molecule has 3 aromatic rings. The highest BCUT2D eigenvalue weighted by Gasteiger charge is 2.41. The molecule has 1 aliphatic heterocycles. The second-order valence-electron chi connectivity index (χ2n) is 10.0. The molecule has 0 aliphatic carbocycles. The highest BCUT2D eigenvalue weighted by molar-refractivity contribution is 6.95. The summed E-state index contributed by atoms with van der Waals surface area (Å²) in [6, 6.07) is 31.0. The molecule has 3 aromatic carbocycles. The van der Waals surface area contributed by atoms with Gasteiger partial charge in [0.05, 0.1) is 0 Å². The van der Waals surface area contributed by atoms with Crippen molar-refractivity contribution in [2.24, 2.45) is 0 Å². The predicted molar refractivity (Wildman–Crippen MR) is 132 cm³/mol. The van der Waals surface area contributed by atoms with E-state index in [2.05, 4.69) is 118 Å². The van der Waals surface area contributed by atoms with Gasteiger partial charge in [-0.25, -0.2) is 0 Å². The fourth-order valence-electron chi connectivity index (χ4n) is 5.44. The van der Waals surface area contributed by atoms with E-state index in [9.17, 15) is 0 Å². The Labute approximate surface area is 183 Å². The molecular weight excluding hydrogens is 361 g/mol. The molecule has 1 nitrogen and oxygen atoms in total. The van der Waals surface area contributed by atoms with E-state index in [4.69, 9.17) is 0 Å². The summed E-state index contributed by atoms with van der Waals surface area (Å²) in [5, 5.41) is 0. The van der Waals surface area contributed by atoms with E-state index in [1.807, 2.05) is 0 Å². The average molecular weight is 395 g/mol. The molecule has 0 aromatic heterocycles. The van der Waals surface area contributed by atoms with Crippen LogP contribution in [0.3, 0.4) is 0 Å². The monoisotopic (exact) mass is 395 g/mol. The zero-order chi connectivity index (χ0) is 21.2. The molecule has 1 saturated heterocycles. The summed E-state index contributed by atoms with van der Waals surface area (Å²) in [5.74, 6) is 0. The molecule has 2 heteroatoms. The van der Waals surface area contributed by atoms with E-state index < -0.39 is 0 Å². The summed E-state index contributed by atoms with van der Waals surface area (Å²) >= 11 is 0. The number of hydrogen-bond donors (Lipinski definition) is 0. The van der Waals surface area contributed by atoms with Crippen molar-refractivity contribution in [1.29, 1.82) is 0 Å². The Hall–Kier alpha value is -2.32. The third kappa shape index (κ3) is 4.25. The molecule has 0 unspecified atom stereocenters. The molecule has 0 radical (unpaired) electrons. The second-order valence-corrected chi connectivity index (χ2v) is 10.0. The fraction of sp³-hybridized carbons (Fsp3) is 0.357. The lowest BCUT2D eigenvalue weighted by molar-refractivity contribution is -0.0338. The number of benzene rings is 3. The summed E-state index contributed by atoms with van der Waals surface area (Å²) in [6.07, 6.45) is 3.84. The topological polar surface area (TPSA) is 3.24 Å². The normalized spacial score (nSPS) is 18.1. The van der Waals surface area contributed by atoms with Crippen LogP contribution in [0.1, 0.15) is 52.5 Å². The summed E-state index contributed by atoms with van der Waals surface area (Å²) in [6.45, 7) is 10.9. The van der Waals surface area contributed by atoms with Crippen molar-refractivity contribution in [3.05, 3.63) is 90.5 Å². The molecule has 1 heterocycles. The Morgan fingerprint density at radius 2 is 1.13 bits per heavy atom. The number of hydrogen-bond acceptors (Lipinski definition) is 1. The van der Waals surface area contributed by atoms with Crippen LogP contribution in [-0.2, 0) is 6.54 Å². The van der Waals surface area contributed by atoms with Gasteiger partial charge in [-0.1, -0.05) is 101 Å². The summed E-state index contributed by atoms with van der Waals surface area (Å²) in [7, 11) is 0. The Balaban J connectivity index is 1.79. The maximum absolute atomic E-state index is 2.75. The van der Waals surface area contributed by atoms with E-state index in [0.717, 1.165) is 6.54 Å². The van der Waals surface area contributed by atoms with Crippen LogP contribution in [0.25, 0.3) is 0 Å². The second kappa shape index (κ2) is 8.43. The Morgan fingerprint density at radius 1 is 0.667 bits per heavy atom. The number of rotatable bonds is 5. The SMILES string of the molecule is CC1(C)CCCC(C)(C)N1Cc1ccccc1B(c1ccccc1)c1ccccc1. The van der Waals surface area contributed by atoms with Crippen LogP contribution >= 0.6 is 0 Å². The molecule has 0 atom stereocenters. The average Bonchev–Trinajstić information content (AvgIpc) is 2.73. The van der Waals surface area contributed by atoms with Crippen LogP contribution < -0.4 is 16.4 Å². The van der Waals surface area contributed by atoms with Gasteiger partial charge in [0.25, 0.3) is 0 Å². The van der Waals surface area contributed by atoms with Crippen LogP contribution in [0.2, 0.25) is 0 Å². The van der Waals surface area contributed by atoms with Crippen molar-refractivity contribution < 1.29 is 0 Å². The van der Waals surface area contributed by atoms with Gasteiger partial charge in [-0.2, -0.15) is 0 Å². The van der Waals surface area contributed by atoms with Gasteiger partial charge in [0.15, 0.2) is 0 Å². The predicted octanol–water partition coefficient (Wildman–Crippen LogP) is 4.75. The minimum atomic E-state index is 0.212. The largest absolute Gasteiger partial charge is 0.289 e. The third-order valence-electron chi connectivity index (χ3n) is 7.00. The maximum Gasteiger partial charge on any atom is 0.241 e. The lowest BCUT2D eigenvalue weighted by Gasteiger charge is -2.53. The van der Waals surface area contributed by atoms with E-state index in [0.29, 0.717) is 0 Å². The fourth-order valence-corrected chi connectivity index (χ4v) is 5.44. The summed E-state index contributed by atoms with van der Waals surface area (Å²) in [4.78, 5) is 2.75. The van der Waals surface area contributed by atoms with E-state index in [1.54, 1.807) is 0 Å². The molecule has 1 aliphatic rings. The molecular formula is C28H34BN. The molecule has 30 heavy (non-hydrogen) atoms. The lowest BCUT2D eigenvalue weighted by Crippen LogP contribution is -2.59. The summed E-state index contributed by atoms with van der Waals surface area (Å²) in [5.41, 5.74) is 6.00. The zero-order valence-electron chi connectivity index (χ0n) is 18.9. The molecule has 1 fully saturated rings. The van der Waals surface area contributed by atoms with Crippen molar-refractivity contribution >= 4 is 23.1 Å². The molecule has 0 N–H and O–H groups in total. The van der Waals surface area contributed by atoms with Crippen molar-refractivity contribution in [3.63, 3.8) is 0 Å². The lowest BCUT2D eigenvalue weighted by atomic mass is 9.36. The first kappa shape index (κ1) is 20.9. The molecule has 4 rings (SSSR count). The van der Waals surface area contributed by atoms with Gasteiger partial charge in [0, 0.05) is 17.6 Å². The molecule has 0 amide bonds. The zero-order valence-corrected chi connectivity index (χ0v) is 18.9. The van der Waals surface area contributed by atoms with Crippen molar-refractivity contribution in [2.75, 3.05) is 0 Å². The Morgan fingerprint density at radius 3 is 1.67 bits per heavy atom. The first-order valence-corrected chi connectivity index (χ1v) is 11.3. The van der Waals surface area contributed by atoms with Crippen LogP contribution in [-0.4, -0.2) is 22.7 Å². The molecule has 0 saturated carbocycles. The Kier molecular flexibility index (Phi) is 5.89. The standard InChI is InChI=1S/C28H34BN/c1-27(2)20-13-21-28(3,4)30(27)22-23-14-11-12-19-26(23)29(24-15-7-5-8-16-24)25-17-9-6-10-18-25/h5-12,14-19H,13,20-22H2,1-4H3.